The third-order valence-corrected chi connectivity index (χ3v) is 7.43. The van der Waals surface area contributed by atoms with Gasteiger partial charge in [0.2, 0.25) is 0 Å². The molecule has 140 valence electrons. The molecule has 0 radical (unpaired) electrons. The van der Waals surface area contributed by atoms with Gasteiger partial charge in [0.25, 0.3) is 5.56 Å². The van der Waals surface area contributed by atoms with Gasteiger partial charge in [-0.25, -0.2) is 4.79 Å². The standard InChI is InChI=1S/C16H25IN2O5Si/c1-16(2)23-12-9(8-17)22-14(13(12)24-16)19-11(25(4,5)6)7-10(20)18(3)15(19)21/h7,9,12-14H,8H2,1-6H3/t9-,12-,13-,14-/m1/s1. The number of hydrogen-bond acceptors (Lipinski definition) is 5. The van der Waals surface area contributed by atoms with Crippen LogP contribution in [0.2, 0.25) is 19.6 Å². The highest BCUT2D eigenvalue weighted by Gasteiger charge is 2.56. The van der Waals surface area contributed by atoms with Crippen molar-refractivity contribution in [3.05, 3.63) is 26.9 Å². The molecule has 2 aliphatic rings. The smallest absolute Gasteiger partial charge is 0.332 e. The third-order valence-electron chi connectivity index (χ3n) is 4.64. The number of nitrogens with zero attached hydrogens (tertiary/aromatic N) is 2. The molecule has 0 bridgehead atoms. The second-order valence-corrected chi connectivity index (χ2v) is 14.0. The lowest BCUT2D eigenvalue weighted by Gasteiger charge is -2.29. The molecule has 0 N–H and O–H groups in total. The SMILES string of the molecule is Cn1c(=O)cc([Si](C)(C)C)n([C@@H]2O[C@H](CI)[C@H]3OC(C)(C)O[C@H]32)c1=O. The molecule has 7 nitrogen and oxygen atoms in total. The van der Waals surface area contributed by atoms with Gasteiger partial charge in [-0.2, -0.15) is 0 Å². The van der Waals surface area contributed by atoms with Crippen molar-refractivity contribution in [3.8, 4) is 0 Å². The van der Waals surface area contributed by atoms with Crippen LogP contribution in [-0.4, -0.2) is 45.7 Å². The molecule has 3 heterocycles. The number of hydrogen-bond donors (Lipinski definition) is 0. The van der Waals surface area contributed by atoms with Crippen LogP contribution in [0.25, 0.3) is 0 Å². The minimum Gasteiger partial charge on any atom is -0.348 e. The van der Waals surface area contributed by atoms with Crippen molar-refractivity contribution >= 4 is 36.0 Å². The molecule has 1 aromatic heterocycles. The molecule has 2 aliphatic heterocycles. The van der Waals surface area contributed by atoms with Crippen LogP contribution >= 0.6 is 22.6 Å². The number of ether oxygens (including phenoxy) is 3. The largest absolute Gasteiger partial charge is 0.348 e. The van der Waals surface area contributed by atoms with Crippen molar-refractivity contribution in [1.29, 1.82) is 0 Å². The molecule has 4 atom stereocenters. The Morgan fingerprint density at radius 2 is 1.80 bits per heavy atom. The first-order chi connectivity index (χ1) is 11.5. The average molecular weight is 480 g/mol. The predicted molar refractivity (Wildman–Crippen MR) is 106 cm³/mol. The van der Waals surface area contributed by atoms with Crippen molar-refractivity contribution in [3.63, 3.8) is 0 Å². The van der Waals surface area contributed by atoms with Gasteiger partial charge in [-0.15, -0.1) is 0 Å². The van der Waals surface area contributed by atoms with Gasteiger partial charge < -0.3 is 14.2 Å². The van der Waals surface area contributed by atoms with E-state index in [4.69, 9.17) is 14.2 Å². The van der Waals surface area contributed by atoms with Crippen LogP contribution in [0.5, 0.6) is 0 Å². The zero-order chi connectivity index (χ0) is 18.7. The number of fused-ring (bicyclic) bond motifs is 1. The Labute approximate surface area is 161 Å². The Morgan fingerprint density at radius 1 is 1.20 bits per heavy atom. The van der Waals surface area contributed by atoms with Crippen LogP contribution in [0.4, 0.5) is 0 Å². The Balaban J connectivity index is 2.18. The fourth-order valence-electron chi connectivity index (χ4n) is 3.46. The average Bonchev–Trinajstić information content (AvgIpc) is 2.96. The molecule has 2 saturated heterocycles. The van der Waals surface area contributed by atoms with Crippen molar-refractivity contribution < 1.29 is 14.2 Å². The maximum atomic E-state index is 13.0. The lowest BCUT2D eigenvalue weighted by molar-refractivity contribution is -0.194. The predicted octanol–water partition coefficient (Wildman–Crippen LogP) is 0.945. The van der Waals surface area contributed by atoms with Crippen LogP contribution in [0, 0.1) is 0 Å². The van der Waals surface area contributed by atoms with Gasteiger partial charge >= 0.3 is 5.69 Å². The first-order valence-corrected chi connectivity index (χ1v) is 13.4. The summed E-state index contributed by atoms with van der Waals surface area (Å²) in [6.45, 7) is 10.1. The van der Waals surface area contributed by atoms with Gasteiger partial charge in [0.05, 0.1) is 14.2 Å². The van der Waals surface area contributed by atoms with E-state index in [9.17, 15) is 9.59 Å². The Bertz CT molecular complexity index is 797. The van der Waals surface area contributed by atoms with Gasteiger partial charge in [0.1, 0.15) is 12.2 Å². The van der Waals surface area contributed by atoms with Gasteiger partial charge in [0, 0.05) is 22.9 Å². The summed E-state index contributed by atoms with van der Waals surface area (Å²) in [6, 6.07) is 1.57. The van der Waals surface area contributed by atoms with Gasteiger partial charge in [-0.05, 0) is 13.8 Å². The van der Waals surface area contributed by atoms with Gasteiger partial charge in [-0.3, -0.25) is 13.9 Å². The fraction of sp³-hybridized carbons (Fsp3) is 0.750. The summed E-state index contributed by atoms with van der Waals surface area (Å²) in [5, 5.41) is 0.770. The summed E-state index contributed by atoms with van der Waals surface area (Å²) in [4.78, 5) is 25.2. The first kappa shape index (κ1) is 19.3. The molecule has 0 aromatic carbocycles. The molecular formula is C16H25IN2O5Si. The van der Waals surface area contributed by atoms with Gasteiger partial charge in [-0.1, -0.05) is 42.2 Å². The van der Waals surface area contributed by atoms with E-state index in [0.29, 0.717) is 0 Å². The van der Waals surface area contributed by atoms with Crippen molar-refractivity contribution in [2.45, 2.75) is 63.8 Å². The quantitative estimate of drug-likeness (QED) is 0.366. The summed E-state index contributed by atoms with van der Waals surface area (Å²) in [5.41, 5.74) is -0.654. The van der Waals surface area contributed by atoms with Crippen molar-refractivity contribution in [1.82, 2.24) is 9.13 Å². The topological polar surface area (TPSA) is 71.7 Å². The summed E-state index contributed by atoms with van der Waals surface area (Å²) >= 11 is 2.26. The highest BCUT2D eigenvalue weighted by Crippen LogP contribution is 2.42. The molecule has 0 amide bonds. The van der Waals surface area contributed by atoms with Gasteiger partial charge in [0.15, 0.2) is 12.0 Å². The highest BCUT2D eigenvalue weighted by molar-refractivity contribution is 14.1. The van der Waals surface area contributed by atoms with E-state index < -0.39 is 20.1 Å². The molecule has 9 heteroatoms. The molecule has 3 rings (SSSR count). The number of alkyl halides is 1. The van der Waals surface area contributed by atoms with E-state index in [1.165, 1.54) is 7.05 Å². The van der Waals surface area contributed by atoms with E-state index in [-0.39, 0.29) is 29.6 Å². The first-order valence-electron chi connectivity index (χ1n) is 8.36. The summed E-state index contributed by atoms with van der Waals surface area (Å²) < 4.78 is 21.8. The normalized spacial score (nSPS) is 31.3. The fourth-order valence-corrected chi connectivity index (χ4v) is 5.67. The molecule has 0 saturated carbocycles. The molecular weight excluding hydrogens is 455 g/mol. The van der Waals surface area contributed by atoms with E-state index >= 15 is 0 Å². The molecule has 0 aliphatic carbocycles. The van der Waals surface area contributed by atoms with Crippen LogP contribution in [0.3, 0.4) is 0 Å². The molecule has 1 aromatic rings. The van der Waals surface area contributed by atoms with Crippen molar-refractivity contribution in [2.24, 2.45) is 7.05 Å². The monoisotopic (exact) mass is 480 g/mol. The molecule has 2 fully saturated rings. The lowest BCUT2D eigenvalue weighted by Crippen LogP contribution is -2.57. The maximum Gasteiger partial charge on any atom is 0.332 e. The zero-order valence-corrected chi connectivity index (χ0v) is 18.6. The van der Waals surface area contributed by atoms with Crippen molar-refractivity contribution in [2.75, 3.05) is 4.43 Å². The minimum absolute atomic E-state index is 0.156. The summed E-state index contributed by atoms with van der Waals surface area (Å²) in [5.74, 6) is -0.717. The Kier molecular flexibility index (Phi) is 4.85. The summed E-state index contributed by atoms with van der Waals surface area (Å²) in [7, 11) is -0.478. The van der Waals surface area contributed by atoms with Crippen LogP contribution in [0.15, 0.2) is 15.7 Å². The second kappa shape index (κ2) is 6.29. The van der Waals surface area contributed by atoms with Crippen LogP contribution in [-0.2, 0) is 21.3 Å². The lowest BCUT2D eigenvalue weighted by atomic mass is 10.1. The van der Waals surface area contributed by atoms with Crippen LogP contribution < -0.4 is 16.6 Å². The van der Waals surface area contributed by atoms with E-state index in [2.05, 4.69) is 42.2 Å². The third kappa shape index (κ3) is 3.29. The highest BCUT2D eigenvalue weighted by atomic mass is 127. The van der Waals surface area contributed by atoms with E-state index in [1.807, 2.05) is 13.8 Å². The van der Waals surface area contributed by atoms with E-state index in [1.54, 1.807) is 10.6 Å². The number of aromatic nitrogens is 2. The number of rotatable bonds is 3. The number of halogens is 1. The zero-order valence-electron chi connectivity index (χ0n) is 15.4. The Hall–Kier alpha value is -0.493. The maximum absolute atomic E-state index is 13.0. The summed E-state index contributed by atoms with van der Waals surface area (Å²) in [6.07, 6.45) is -1.35. The minimum atomic E-state index is -1.97. The Morgan fingerprint density at radius 3 is 2.36 bits per heavy atom. The second-order valence-electron chi connectivity index (χ2n) is 8.11. The molecule has 0 unspecified atom stereocenters. The van der Waals surface area contributed by atoms with E-state index in [0.717, 1.165) is 14.3 Å². The molecule has 25 heavy (non-hydrogen) atoms. The molecule has 0 spiro atoms. The van der Waals surface area contributed by atoms with Crippen LogP contribution in [0.1, 0.15) is 20.1 Å².